The summed E-state index contributed by atoms with van der Waals surface area (Å²) in [5.74, 6) is -3.36. The number of hydrogen-bond acceptors (Lipinski definition) is 4. The van der Waals surface area contributed by atoms with Gasteiger partial charge in [-0.25, -0.2) is 8.78 Å². The van der Waals surface area contributed by atoms with Gasteiger partial charge in [0.2, 0.25) is 0 Å². The van der Waals surface area contributed by atoms with E-state index in [-0.39, 0.29) is 24.3 Å². The van der Waals surface area contributed by atoms with Crippen LogP contribution in [0.4, 0.5) is 8.78 Å². The summed E-state index contributed by atoms with van der Waals surface area (Å²) in [5, 5.41) is 27.3. The maximum atomic E-state index is 13.1. The van der Waals surface area contributed by atoms with Crippen molar-refractivity contribution in [3.8, 4) is 22.6 Å². The molecule has 0 amide bonds. The van der Waals surface area contributed by atoms with Gasteiger partial charge in [-0.1, -0.05) is 17.7 Å². The van der Waals surface area contributed by atoms with Gasteiger partial charge < -0.3 is 10.2 Å². The molecule has 0 saturated heterocycles. The molecule has 2 aromatic heterocycles. The fourth-order valence-corrected chi connectivity index (χ4v) is 3.04. The molecule has 24 heavy (non-hydrogen) atoms. The van der Waals surface area contributed by atoms with Crippen molar-refractivity contribution < 1.29 is 19.0 Å². The molecule has 1 saturated carbocycles. The molecule has 2 heterocycles. The van der Waals surface area contributed by atoms with Crippen molar-refractivity contribution in [2.24, 2.45) is 5.92 Å². The van der Waals surface area contributed by atoms with Crippen molar-refractivity contribution in [2.45, 2.75) is 18.8 Å². The molecule has 4 rings (SSSR count). The van der Waals surface area contributed by atoms with Crippen LogP contribution in [0.1, 0.15) is 12.2 Å². The van der Waals surface area contributed by atoms with Gasteiger partial charge in [0.15, 0.2) is 17.1 Å². The van der Waals surface area contributed by atoms with Crippen LogP contribution in [0, 0.1) is 5.92 Å². The average Bonchev–Trinajstić information content (AvgIpc) is 2.93. The van der Waals surface area contributed by atoms with Gasteiger partial charge in [0.25, 0.3) is 5.92 Å². The number of aromatic hydroxyl groups is 2. The number of hydrogen-bond donors (Lipinski definition) is 2. The highest BCUT2D eigenvalue weighted by atomic mass is 35.5. The minimum absolute atomic E-state index is 0.124. The molecule has 0 spiro atoms. The lowest BCUT2D eigenvalue weighted by molar-refractivity contribution is 0.0984. The minimum atomic E-state index is -2.61. The van der Waals surface area contributed by atoms with Gasteiger partial charge in [0.05, 0.1) is 5.02 Å². The van der Waals surface area contributed by atoms with E-state index in [0.717, 1.165) is 0 Å². The molecule has 1 aromatic carbocycles. The SMILES string of the molecule is Oc1ccc(-c2ccn3c(CC4CC4(F)F)nnc3c2Cl)cc1O. The van der Waals surface area contributed by atoms with Crippen LogP contribution < -0.4 is 0 Å². The third-order valence-electron chi connectivity index (χ3n) is 4.26. The van der Waals surface area contributed by atoms with Crippen LogP contribution in [0.3, 0.4) is 0 Å². The average molecular weight is 352 g/mol. The smallest absolute Gasteiger partial charge is 0.252 e. The largest absolute Gasteiger partial charge is 0.504 e. The summed E-state index contributed by atoms with van der Waals surface area (Å²) in [6.07, 6.45) is 1.68. The Bertz CT molecular complexity index is 958. The number of nitrogens with zero attached hydrogens (tertiary/aromatic N) is 3. The summed E-state index contributed by atoms with van der Waals surface area (Å²) in [4.78, 5) is 0. The quantitative estimate of drug-likeness (QED) is 0.706. The number of phenols is 2. The van der Waals surface area contributed by atoms with Crippen LogP contribution in [0.5, 0.6) is 11.5 Å². The molecule has 0 bridgehead atoms. The van der Waals surface area contributed by atoms with E-state index in [1.165, 1.54) is 12.1 Å². The van der Waals surface area contributed by atoms with Crippen molar-refractivity contribution in [1.82, 2.24) is 14.6 Å². The Hall–Kier alpha value is -2.41. The number of alkyl halides is 2. The number of pyridine rings is 1. The Labute approximate surface area is 140 Å². The minimum Gasteiger partial charge on any atom is -0.504 e. The molecule has 8 heteroatoms. The Morgan fingerprint density at radius 3 is 2.62 bits per heavy atom. The fraction of sp³-hybridized carbons (Fsp3) is 0.250. The van der Waals surface area contributed by atoms with Crippen LogP contribution in [0.25, 0.3) is 16.8 Å². The van der Waals surface area contributed by atoms with Crippen LogP contribution in [0.2, 0.25) is 5.02 Å². The highest BCUT2D eigenvalue weighted by Crippen LogP contribution is 2.50. The summed E-state index contributed by atoms with van der Waals surface area (Å²) < 4.78 is 27.8. The molecule has 3 aromatic rings. The number of aromatic nitrogens is 3. The monoisotopic (exact) mass is 351 g/mol. The molecule has 1 fully saturated rings. The zero-order chi connectivity index (χ0) is 17.1. The third kappa shape index (κ3) is 2.36. The van der Waals surface area contributed by atoms with Crippen molar-refractivity contribution in [3.05, 3.63) is 41.3 Å². The Kier molecular flexibility index (Phi) is 3.18. The van der Waals surface area contributed by atoms with Crippen molar-refractivity contribution >= 4 is 17.2 Å². The summed E-state index contributed by atoms with van der Waals surface area (Å²) in [7, 11) is 0. The Balaban J connectivity index is 1.74. The molecular formula is C16H12ClF2N3O2. The predicted molar refractivity (Wildman–Crippen MR) is 83.5 cm³/mol. The molecule has 0 radical (unpaired) electrons. The maximum absolute atomic E-state index is 13.1. The van der Waals surface area contributed by atoms with Crippen molar-refractivity contribution in [2.75, 3.05) is 0 Å². The lowest BCUT2D eigenvalue weighted by Gasteiger charge is -2.08. The van der Waals surface area contributed by atoms with Crippen LogP contribution in [-0.4, -0.2) is 30.7 Å². The van der Waals surface area contributed by atoms with E-state index in [1.807, 2.05) is 0 Å². The van der Waals surface area contributed by atoms with Gasteiger partial charge in [0.1, 0.15) is 5.82 Å². The second-order valence-electron chi connectivity index (χ2n) is 5.92. The lowest BCUT2D eigenvalue weighted by Crippen LogP contribution is -2.02. The van der Waals surface area contributed by atoms with Gasteiger partial charge in [-0.05, 0) is 23.8 Å². The van der Waals surface area contributed by atoms with Gasteiger partial charge in [-0.2, -0.15) is 0 Å². The molecule has 1 atom stereocenters. The van der Waals surface area contributed by atoms with Crippen molar-refractivity contribution in [1.29, 1.82) is 0 Å². The third-order valence-corrected chi connectivity index (χ3v) is 4.63. The van der Waals surface area contributed by atoms with Gasteiger partial charge >= 0.3 is 0 Å². The molecular weight excluding hydrogens is 340 g/mol. The predicted octanol–water partition coefficient (Wildman–Crippen LogP) is 3.66. The number of rotatable bonds is 3. The van der Waals surface area contributed by atoms with Gasteiger partial charge in [0, 0.05) is 30.5 Å². The standard InChI is InChI=1S/C16H12ClF2N3O2/c17-14-10(8-1-2-11(23)12(24)5-8)3-4-22-13(20-21-15(14)22)6-9-7-16(9,18)19/h1-5,9,23-24H,6-7H2. The fourth-order valence-electron chi connectivity index (χ4n) is 2.74. The highest BCUT2D eigenvalue weighted by molar-refractivity contribution is 6.36. The van der Waals surface area contributed by atoms with E-state index in [0.29, 0.717) is 27.6 Å². The molecule has 5 nitrogen and oxygen atoms in total. The topological polar surface area (TPSA) is 70.7 Å². The van der Waals surface area contributed by atoms with E-state index in [1.54, 1.807) is 22.7 Å². The van der Waals surface area contributed by atoms with E-state index < -0.39 is 11.8 Å². The maximum Gasteiger partial charge on any atom is 0.252 e. The molecule has 1 unspecified atom stereocenters. The van der Waals surface area contributed by atoms with E-state index in [4.69, 9.17) is 11.6 Å². The van der Waals surface area contributed by atoms with Crippen LogP contribution in [0.15, 0.2) is 30.5 Å². The zero-order valence-electron chi connectivity index (χ0n) is 12.2. The first-order chi connectivity index (χ1) is 11.4. The summed E-state index contributed by atoms with van der Waals surface area (Å²) in [6, 6.07) is 6.04. The zero-order valence-corrected chi connectivity index (χ0v) is 13.0. The van der Waals surface area contributed by atoms with Crippen LogP contribution >= 0.6 is 11.6 Å². The first-order valence-electron chi connectivity index (χ1n) is 7.29. The summed E-state index contributed by atoms with van der Waals surface area (Å²) >= 11 is 6.37. The van der Waals surface area contributed by atoms with E-state index in [2.05, 4.69) is 10.2 Å². The Morgan fingerprint density at radius 1 is 1.21 bits per heavy atom. The number of phenolic OH excluding ortho intramolecular Hbond substituents is 2. The summed E-state index contributed by atoms with van der Waals surface area (Å²) in [5.41, 5.74) is 1.55. The number of halogens is 3. The molecule has 2 N–H and O–H groups in total. The molecule has 124 valence electrons. The van der Waals surface area contributed by atoms with Gasteiger partial charge in [-0.15, -0.1) is 10.2 Å². The van der Waals surface area contributed by atoms with E-state index in [9.17, 15) is 19.0 Å². The number of benzene rings is 1. The summed E-state index contributed by atoms with van der Waals surface area (Å²) in [6.45, 7) is 0. The second-order valence-corrected chi connectivity index (χ2v) is 6.30. The molecule has 0 aliphatic heterocycles. The lowest BCUT2D eigenvalue weighted by atomic mass is 10.1. The highest BCUT2D eigenvalue weighted by Gasteiger charge is 2.56. The molecule has 1 aliphatic carbocycles. The first-order valence-corrected chi connectivity index (χ1v) is 7.67. The van der Waals surface area contributed by atoms with Crippen molar-refractivity contribution in [3.63, 3.8) is 0 Å². The van der Waals surface area contributed by atoms with Gasteiger partial charge in [-0.3, -0.25) is 4.40 Å². The van der Waals surface area contributed by atoms with E-state index >= 15 is 0 Å². The molecule has 1 aliphatic rings. The normalized spacial score (nSPS) is 18.9. The van der Waals surface area contributed by atoms with Crippen LogP contribution in [-0.2, 0) is 6.42 Å². The Morgan fingerprint density at radius 2 is 1.96 bits per heavy atom. The number of fused-ring (bicyclic) bond motifs is 1. The first kappa shape index (κ1) is 15.1. The second kappa shape index (κ2) is 5.04.